The fourth-order valence-electron chi connectivity index (χ4n) is 5.62. The minimum Gasteiger partial charge on any atom is -0.469 e. The molecule has 12 heteroatoms. The Balaban J connectivity index is 1.34. The zero-order valence-corrected chi connectivity index (χ0v) is 22.1. The molecule has 0 radical (unpaired) electrons. The molecule has 8 nitrogen and oxygen atoms in total. The molecular weight excluding hydrogens is 533 g/mol. The van der Waals surface area contributed by atoms with Crippen molar-refractivity contribution in [3.63, 3.8) is 0 Å². The summed E-state index contributed by atoms with van der Waals surface area (Å²) in [5.74, 6) is -0.152. The average molecular weight is 563 g/mol. The van der Waals surface area contributed by atoms with Gasteiger partial charge in [0.25, 0.3) is 0 Å². The summed E-state index contributed by atoms with van der Waals surface area (Å²) in [5, 5.41) is 10.4. The van der Waals surface area contributed by atoms with E-state index in [9.17, 15) is 26.4 Å². The lowest BCUT2D eigenvalue weighted by Gasteiger charge is -2.47. The topological polar surface area (TPSA) is 104 Å². The van der Waals surface area contributed by atoms with Crippen LogP contribution in [0.3, 0.4) is 0 Å². The molecule has 3 atom stereocenters. The van der Waals surface area contributed by atoms with Gasteiger partial charge in [0.15, 0.2) is 0 Å². The molecule has 1 fully saturated rings. The summed E-state index contributed by atoms with van der Waals surface area (Å²) in [5.41, 5.74) is 2.81. The zero-order valence-electron chi connectivity index (χ0n) is 21.2. The van der Waals surface area contributed by atoms with E-state index in [0.717, 1.165) is 46.8 Å². The van der Waals surface area contributed by atoms with E-state index in [1.807, 2.05) is 24.3 Å². The van der Waals surface area contributed by atoms with Gasteiger partial charge in [-0.05, 0) is 67.1 Å². The minimum absolute atomic E-state index is 0.0930. The summed E-state index contributed by atoms with van der Waals surface area (Å²) in [7, 11) is -2.69. The van der Waals surface area contributed by atoms with Crippen molar-refractivity contribution >= 4 is 21.7 Å². The van der Waals surface area contributed by atoms with Crippen LogP contribution in [0.2, 0.25) is 0 Å². The number of rotatable bonds is 8. The molecule has 39 heavy (non-hydrogen) atoms. The number of sulfonamides is 1. The number of carbonyl (C=O) groups is 1. The van der Waals surface area contributed by atoms with E-state index in [4.69, 9.17) is 0 Å². The van der Waals surface area contributed by atoms with Gasteiger partial charge in [0.2, 0.25) is 10.0 Å². The van der Waals surface area contributed by atoms with E-state index in [0.29, 0.717) is 38.6 Å². The van der Waals surface area contributed by atoms with Crippen LogP contribution in [-0.2, 0) is 32.2 Å². The smallest absolute Gasteiger partial charge is 0.416 e. The first-order valence-corrected chi connectivity index (χ1v) is 14.2. The maximum absolute atomic E-state index is 13.7. The molecule has 2 aliphatic rings. The van der Waals surface area contributed by atoms with Crippen molar-refractivity contribution in [1.29, 1.82) is 0 Å². The number of esters is 1. The van der Waals surface area contributed by atoms with Gasteiger partial charge < -0.3 is 10.1 Å². The molecule has 2 N–H and O–H groups in total. The van der Waals surface area contributed by atoms with E-state index >= 15 is 0 Å². The highest BCUT2D eigenvalue weighted by molar-refractivity contribution is 7.89. The van der Waals surface area contributed by atoms with Crippen molar-refractivity contribution in [2.24, 2.45) is 0 Å². The molecule has 208 valence electrons. The standard InChI is InChI=1S/C27H29F3N4O4S/c1-38-26(35)3-2-12-31-20-8-4-17(5-9-20)18-13-21-15-24-23(16-32-33-24)25(14-18)34(21)39(36,37)22-10-6-19(7-11-22)27(28,29)30/h4-11,16,18,21,25,31H,2-3,12-15H2,1H3,(H,32,33). The lowest BCUT2D eigenvalue weighted by Crippen LogP contribution is -2.51. The first-order valence-electron chi connectivity index (χ1n) is 12.7. The molecule has 1 aromatic heterocycles. The fraction of sp³-hybridized carbons (Fsp3) is 0.407. The van der Waals surface area contributed by atoms with Gasteiger partial charge in [-0.2, -0.15) is 22.6 Å². The van der Waals surface area contributed by atoms with Gasteiger partial charge in [-0.3, -0.25) is 9.89 Å². The lowest BCUT2D eigenvalue weighted by atomic mass is 9.76. The maximum atomic E-state index is 13.7. The Morgan fingerprint density at radius 3 is 2.51 bits per heavy atom. The maximum Gasteiger partial charge on any atom is 0.416 e. The van der Waals surface area contributed by atoms with Crippen LogP contribution in [0.15, 0.2) is 59.6 Å². The molecule has 0 spiro atoms. The van der Waals surface area contributed by atoms with Crippen LogP contribution < -0.4 is 5.32 Å². The Hall–Kier alpha value is -3.38. The van der Waals surface area contributed by atoms with E-state index < -0.39 is 27.8 Å². The number of carbonyl (C=O) groups excluding carboxylic acids is 1. The van der Waals surface area contributed by atoms with Crippen molar-refractivity contribution in [2.45, 2.75) is 61.2 Å². The van der Waals surface area contributed by atoms with Crippen LogP contribution >= 0.6 is 0 Å². The summed E-state index contributed by atoms with van der Waals surface area (Å²) in [6, 6.07) is 10.8. The number of ether oxygens (including phenoxy) is 1. The molecule has 3 unspecified atom stereocenters. The SMILES string of the molecule is COC(=O)CCCNc1ccc(C2CC3Cc4[nH]ncc4C(C2)N3S(=O)(=O)c2ccc(C(F)(F)F)cc2)cc1. The number of methoxy groups -OCH3 is 1. The quantitative estimate of drug-likeness (QED) is 0.295. The molecular formula is C27H29F3N4O4S. The zero-order chi connectivity index (χ0) is 27.8. The summed E-state index contributed by atoms with van der Waals surface area (Å²) in [4.78, 5) is 11.1. The van der Waals surface area contributed by atoms with Crippen molar-refractivity contribution in [3.05, 3.63) is 77.1 Å². The van der Waals surface area contributed by atoms with Crippen LogP contribution in [0.25, 0.3) is 0 Å². The highest BCUT2D eigenvalue weighted by atomic mass is 32.2. The molecule has 3 heterocycles. The number of benzene rings is 2. The van der Waals surface area contributed by atoms with Gasteiger partial charge in [0, 0.05) is 42.4 Å². The minimum atomic E-state index is -4.54. The Labute approximate surface area is 224 Å². The molecule has 0 saturated carbocycles. The molecule has 2 bridgehead atoms. The van der Waals surface area contributed by atoms with Crippen molar-refractivity contribution in [1.82, 2.24) is 14.5 Å². The van der Waals surface area contributed by atoms with Gasteiger partial charge in [-0.1, -0.05) is 12.1 Å². The molecule has 5 rings (SSSR count). The summed E-state index contributed by atoms with van der Waals surface area (Å²) in [6.45, 7) is 0.627. The number of halogens is 3. The van der Waals surface area contributed by atoms with Crippen LogP contribution in [0.1, 0.15) is 60.0 Å². The average Bonchev–Trinajstić information content (AvgIpc) is 3.38. The Morgan fingerprint density at radius 1 is 1.13 bits per heavy atom. The van der Waals surface area contributed by atoms with Crippen LogP contribution in [0.5, 0.6) is 0 Å². The third kappa shape index (κ3) is 5.53. The van der Waals surface area contributed by atoms with Crippen molar-refractivity contribution in [2.75, 3.05) is 19.0 Å². The number of nitrogens with one attached hydrogen (secondary N) is 2. The van der Waals surface area contributed by atoms with E-state index in [-0.39, 0.29) is 22.8 Å². The van der Waals surface area contributed by atoms with Crippen molar-refractivity contribution < 1.29 is 31.1 Å². The number of anilines is 1. The Morgan fingerprint density at radius 2 is 1.85 bits per heavy atom. The molecule has 1 saturated heterocycles. The largest absolute Gasteiger partial charge is 0.469 e. The monoisotopic (exact) mass is 562 g/mol. The number of alkyl halides is 3. The number of fused-ring (bicyclic) bond motifs is 4. The first kappa shape index (κ1) is 27.2. The summed E-state index contributed by atoms with van der Waals surface area (Å²) < 4.78 is 72.8. The normalized spacial score (nSPS) is 21.3. The van der Waals surface area contributed by atoms with E-state index in [2.05, 4.69) is 20.3 Å². The van der Waals surface area contributed by atoms with E-state index in [1.165, 1.54) is 11.4 Å². The number of aromatic amines is 1. The van der Waals surface area contributed by atoms with Gasteiger partial charge in [0.05, 0.1) is 29.8 Å². The second kappa shape index (κ2) is 10.6. The third-order valence-electron chi connectivity index (χ3n) is 7.54. The second-order valence-corrected chi connectivity index (χ2v) is 11.8. The highest BCUT2D eigenvalue weighted by Gasteiger charge is 2.48. The molecule has 2 aliphatic heterocycles. The van der Waals surface area contributed by atoms with Gasteiger partial charge in [0.1, 0.15) is 0 Å². The van der Waals surface area contributed by atoms with Gasteiger partial charge >= 0.3 is 12.1 Å². The van der Waals surface area contributed by atoms with Gasteiger partial charge in [-0.25, -0.2) is 8.42 Å². The molecule has 0 amide bonds. The molecule has 2 aromatic carbocycles. The lowest BCUT2D eigenvalue weighted by molar-refractivity contribution is -0.140. The van der Waals surface area contributed by atoms with Crippen LogP contribution in [0.4, 0.5) is 18.9 Å². The molecule has 0 aliphatic carbocycles. The summed E-state index contributed by atoms with van der Waals surface area (Å²) >= 11 is 0. The second-order valence-electron chi connectivity index (χ2n) is 9.93. The Kier molecular flexibility index (Phi) is 7.43. The predicted molar refractivity (Wildman–Crippen MR) is 137 cm³/mol. The van der Waals surface area contributed by atoms with Gasteiger partial charge in [-0.15, -0.1) is 0 Å². The number of hydrogen-bond acceptors (Lipinski definition) is 6. The van der Waals surface area contributed by atoms with Crippen molar-refractivity contribution in [3.8, 4) is 0 Å². The highest BCUT2D eigenvalue weighted by Crippen LogP contribution is 2.49. The number of piperidine rings is 1. The number of aromatic nitrogens is 2. The van der Waals surface area contributed by atoms with Crippen LogP contribution in [-0.4, -0.2) is 48.6 Å². The first-order chi connectivity index (χ1) is 18.6. The predicted octanol–water partition coefficient (Wildman–Crippen LogP) is 5.03. The van der Waals surface area contributed by atoms with E-state index in [1.54, 1.807) is 6.20 Å². The fourth-order valence-corrected chi connectivity index (χ4v) is 7.43. The number of H-pyrrole nitrogens is 1. The number of hydrogen-bond donors (Lipinski definition) is 2. The van der Waals surface area contributed by atoms with Crippen LogP contribution in [0, 0.1) is 0 Å². The molecule has 3 aromatic rings. The summed E-state index contributed by atoms with van der Waals surface area (Å²) in [6.07, 6.45) is -0.366. The third-order valence-corrected chi connectivity index (χ3v) is 9.51. The Bertz CT molecular complexity index is 1420. The number of nitrogens with zero attached hydrogens (tertiary/aromatic N) is 2.